The van der Waals surface area contributed by atoms with Gasteiger partial charge in [-0.2, -0.15) is 0 Å². The number of rotatable bonds is 4. The molecule has 2 heteroatoms. The van der Waals surface area contributed by atoms with Crippen LogP contribution in [-0.2, 0) is 19.6 Å². The van der Waals surface area contributed by atoms with Gasteiger partial charge in [-0.1, -0.05) is 60.7 Å². The lowest BCUT2D eigenvalue weighted by atomic mass is 10.0. The minimum atomic E-state index is 0.598. The summed E-state index contributed by atoms with van der Waals surface area (Å²) >= 11 is 0. The SMILES string of the molecule is c1ccc(-c2ccc(COc3ccc4c(c3)CNCC4)cc2)cc1. The van der Waals surface area contributed by atoms with Crippen LogP contribution in [0.15, 0.2) is 72.8 Å². The van der Waals surface area contributed by atoms with E-state index in [0.717, 1.165) is 25.3 Å². The lowest BCUT2D eigenvalue weighted by Crippen LogP contribution is -2.23. The van der Waals surface area contributed by atoms with Crippen LogP contribution in [0.5, 0.6) is 5.75 Å². The van der Waals surface area contributed by atoms with Crippen LogP contribution in [0.2, 0.25) is 0 Å². The van der Waals surface area contributed by atoms with E-state index in [1.165, 1.54) is 27.8 Å². The van der Waals surface area contributed by atoms with E-state index < -0.39 is 0 Å². The van der Waals surface area contributed by atoms with E-state index >= 15 is 0 Å². The average molecular weight is 315 g/mol. The van der Waals surface area contributed by atoms with Crippen LogP contribution in [-0.4, -0.2) is 6.54 Å². The molecule has 0 saturated heterocycles. The fourth-order valence-electron chi connectivity index (χ4n) is 3.14. The van der Waals surface area contributed by atoms with Crippen LogP contribution in [0.3, 0.4) is 0 Å². The molecular weight excluding hydrogens is 294 g/mol. The monoisotopic (exact) mass is 315 g/mol. The summed E-state index contributed by atoms with van der Waals surface area (Å²) in [5.74, 6) is 0.949. The molecule has 1 heterocycles. The highest BCUT2D eigenvalue weighted by atomic mass is 16.5. The maximum absolute atomic E-state index is 5.98. The van der Waals surface area contributed by atoms with Crippen molar-refractivity contribution in [2.24, 2.45) is 0 Å². The zero-order chi connectivity index (χ0) is 16.2. The fourth-order valence-corrected chi connectivity index (χ4v) is 3.14. The average Bonchev–Trinajstić information content (AvgIpc) is 2.67. The third-order valence-corrected chi connectivity index (χ3v) is 4.53. The molecule has 0 unspecified atom stereocenters. The van der Waals surface area contributed by atoms with E-state index in [-0.39, 0.29) is 0 Å². The highest BCUT2D eigenvalue weighted by molar-refractivity contribution is 5.63. The van der Waals surface area contributed by atoms with E-state index in [1.54, 1.807) is 0 Å². The number of fused-ring (bicyclic) bond motifs is 1. The highest BCUT2D eigenvalue weighted by Crippen LogP contribution is 2.23. The van der Waals surface area contributed by atoms with E-state index in [9.17, 15) is 0 Å². The summed E-state index contributed by atoms with van der Waals surface area (Å²) in [6.07, 6.45) is 1.11. The second kappa shape index (κ2) is 6.90. The van der Waals surface area contributed by atoms with Crippen molar-refractivity contribution in [2.75, 3.05) is 6.54 Å². The first-order chi connectivity index (χ1) is 11.9. The predicted molar refractivity (Wildman–Crippen MR) is 98.1 cm³/mol. The standard InChI is InChI=1S/C22H21NO/c1-2-4-18(5-3-1)19-8-6-17(7-9-19)16-24-22-11-10-20-12-13-23-15-21(20)14-22/h1-11,14,23H,12-13,15-16H2. The number of ether oxygens (including phenoxy) is 1. The topological polar surface area (TPSA) is 21.3 Å². The zero-order valence-electron chi connectivity index (χ0n) is 13.7. The van der Waals surface area contributed by atoms with Crippen molar-refractivity contribution in [3.63, 3.8) is 0 Å². The second-order valence-electron chi connectivity index (χ2n) is 6.21. The maximum atomic E-state index is 5.98. The third kappa shape index (κ3) is 3.34. The summed E-state index contributed by atoms with van der Waals surface area (Å²) in [7, 11) is 0. The normalized spacial score (nSPS) is 13.3. The lowest BCUT2D eigenvalue weighted by Gasteiger charge is -2.18. The van der Waals surface area contributed by atoms with Gasteiger partial charge in [0.25, 0.3) is 0 Å². The first-order valence-electron chi connectivity index (χ1n) is 8.48. The van der Waals surface area contributed by atoms with Crippen molar-refractivity contribution in [2.45, 2.75) is 19.6 Å². The molecule has 1 N–H and O–H groups in total. The Kier molecular flexibility index (Phi) is 4.30. The fraction of sp³-hybridized carbons (Fsp3) is 0.182. The van der Waals surface area contributed by atoms with E-state index in [0.29, 0.717) is 6.61 Å². The molecule has 0 bridgehead atoms. The first-order valence-corrected chi connectivity index (χ1v) is 8.48. The molecule has 1 aliphatic heterocycles. The van der Waals surface area contributed by atoms with Crippen molar-refractivity contribution in [1.82, 2.24) is 5.32 Å². The molecule has 0 atom stereocenters. The number of hydrogen-bond donors (Lipinski definition) is 1. The van der Waals surface area contributed by atoms with Gasteiger partial charge in [-0.05, 0) is 52.9 Å². The maximum Gasteiger partial charge on any atom is 0.120 e. The quantitative estimate of drug-likeness (QED) is 0.761. The Labute approximate surface area is 143 Å². The second-order valence-corrected chi connectivity index (χ2v) is 6.21. The van der Waals surface area contributed by atoms with Gasteiger partial charge in [0.05, 0.1) is 0 Å². The van der Waals surface area contributed by atoms with Gasteiger partial charge in [-0.25, -0.2) is 0 Å². The Morgan fingerprint density at radius 3 is 2.42 bits per heavy atom. The van der Waals surface area contributed by atoms with Gasteiger partial charge < -0.3 is 10.1 Å². The van der Waals surface area contributed by atoms with E-state index in [4.69, 9.17) is 4.74 Å². The Morgan fingerprint density at radius 1 is 0.792 bits per heavy atom. The van der Waals surface area contributed by atoms with Crippen LogP contribution < -0.4 is 10.1 Å². The Morgan fingerprint density at radius 2 is 1.58 bits per heavy atom. The Hall–Kier alpha value is -2.58. The van der Waals surface area contributed by atoms with Gasteiger partial charge in [0.15, 0.2) is 0 Å². The van der Waals surface area contributed by atoms with Crippen molar-refractivity contribution in [3.8, 4) is 16.9 Å². The summed E-state index contributed by atoms with van der Waals surface area (Å²) in [6.45, 7) is 2.61. The van der Waals surface area contributed by atoms with Crippen LogP contribution in [0.25, 0.3) is 11.1 Å². The number of benzene rings is 3. The van der Waals surface area contributed by atoms with Gasteiger partial charge in [0, 0.05) is 6.54 Å². The molecule has 3 aromatic carbocycles. The van der Waals surface area contributed by atoms with Crippen LogP contribution >= 0.6 is 0 Å². The molecule has 0 fully saturated rings. The van der Waals surface area contributed by atoms with Crippen molar-refractivity contribution < 1.29 is 4.74 Å². The van der Waals surface area contributed by atoms with Gasteiger partial charge in [-0.15, -0.1) is 0 Å². The molecule has 0 aliphatic carbocycles. The molecule has 0 saturated carbocycles. The van der Waals surface area contributed by atoms with E-state index in [2.05, 4.69) is 72.0 Å². The molecule has 3 aromatic rings. The minimum absolute atomic E-state index is 0.598. The first kappa shape index (κ1) is 15.0. The van der Waals surface area contributed by atoms with Gasteiger partial charge >= 0.3 is 0 Å². The Balaban J connectivity index is 1.43. The summed E-state index contributed by atoms with van der Waals surface area (Å²) in [5, 5.41) is 3.41. The van der Waals surface area contributed by atoms with Crippen molar-refractivity contribution >= 4 is 0 Å². The summed E-state index contributed by atoms with van der Waals surface area (Å²) in [4.78, 5) is 0. The van der Waals surface area contributed by atoms with Crippen LogP contribution in [0.1, 0.15) is 16.7 Å². The molecule has 0 spiro atoms. The number of nitrogens with one attached hydrogen (secondary N) is 1. The smallest absolute Gasteiger partial charge is 0.120 e. The van der Waals surface area contributed by atoms with Crippen molar-refractivity contribution in [3.05, 3.63) is 89.5 Å². The van der Waals surface area contributed by atoms with Crippen LogP contribution in [0, 0.1) is 0 Å². The molecule has 120 valence electrons. The summed E-state index contributed by atoms with van der Waals surface area (Å²) in [5.41, 5.74) is 6.46. The molecular formula is C22H21NO. The summed E-state index contributed by atoms with van der Waals surface area (Å²) < 4.78 is 5.98. The predicted octanol–water partition coefficient (Wildman–Crippen LogP) is 4.58. The molecule has 4 rings (SSSR count). The van der Waals surface area contributed by atoms with Crippen LogP contribution in [0.4, 0.5) is 0 Å². The zero-order valence-corrected chi connectivity index (χ0v) is 13.7. The third-order valence-electron chi connectivity index (χ3n) is 4.53. The minimum Gasteiger partial charge on any atom is -0.489 e. The highest BCUT2D eigenvalue weighted by Gasteiger charge is 2.09. The van der Waals surface area contributed by atoms with Gasteiger partial charge in [-0.3, -0.25) is 0 Å². The molecule has 1 aliphatic rings. The van der Waals surface area contributed by atoms with Crippen molar-refractivity contribution in [1.29, 1.82) is 0 Å². The van der Waals surface area contributed by atoms with Gasteiger partial charge in [0.1, 0.15) is 12.4 Å². The molecule has 24 heavy (non-hydrogen) atoms. The Bertz CT molecular complexity index is 809. The summed E-state index contributed by atoms with van der Waals surface area (Å²) in [6, 6.07) is 25.5. The molecule has 2 nitrogen and oxygen atoms in total. The van der Waals surface area contributed by atoms with E-state index in [1.807, 2.05) is 6.07 Å². The molecule has 0 radical (unpaired) electrons. The molecule has 0 aromatic heterocycles. The lowest BCUT2D eigenvalue weighted by molar-refractivity contribution is 0.305. The van der Waals surface area contributed by atoms with Gasteiger partial charge in [0.2, 0.25) is 0 Å². The number of hydrogen-bond acceptors (Lipinski definition) is 2. The largest absolute Gasteiger partial charge is 0.489 e. The molecule has 0 amide bonds.